The summed E-state index contributed by atoms with van der Waals surface area (Å²) in [6.45, 7) is 2.52. The molecule has 0 aliphatic heterocycles. The van der Waals surface area contributed by atoms with Crippen LogP contribution >= 0.6 is 0 Å². The number of amides is 1. The molecule has 27 heavy (non-hydrogen) atoms. The van der Waals surface area contributed by atoms with Gasteiger partial charge in [-0.15, -0.1) is 0 Å². The Morgan fingerprint density at radius 1 is 0.889 bits per heavy atom. The van der Waals surface area contributed by atoms with Crippen LogP contribution in [0.1, 0.15) is 21.5 Å². The fourth-order valence-electron chi connectivity index (χ4n) is 3.21. The molecule has 0 spiro atoms. The second-order valence-electron chi connectivity index (χ2n) is 6.56. The van der Waals surface area contributed by atoms with E-state index < -0.39 is 0 Å². The molecule has 1 heterocycles. The number of nitrogens with zero attached hydrogens (tertiary/aromatic N) is 1. The van der Waals surface area contributed by atoms with Gasteiger partial charge in [0.25, 0.3) is 5.91 Å². The standard InChI is InChI=1S/C24H20N2O/c1-17-9-8-14-20-21(24(27)25-16-18-10-4-2-5-11-18)15-22(26-23(17)20)19-12-6-3-7-13-19/h2-15H,16H2,1H3,(H,25,27). The largest absolute Gasteiger partial charge is 0.348 e. The first-order valence-electron chi connectivity index (χ1n) is 9.00. The molecule has 0 fully saturated rings. The number of pyridine rings is 1. The van der Waals surface area contributed by atoms with Crippen LogP contribution in [0.5, 0.6) is 0 Å². The lowest BCUT2D eigenvalue weighted by Gasteiger charge is -2.12. The molecule has 0 saturated carbocycles. The average molecular weight is 352 g/mol. The van der Waals surface area contributed by atoms with Crippen molar-refractivity contribution in [1.82, 2.24) is 10.3 Å². The maximum atomic E-state index is 13.0. The lowest BCUT2D eigenvalue weighted by atomic mass is 10.0. The van der Waals surface area contributed by atoms with Crippen molar-refractivity contribution < 1.29 is 4.79 Å². The van der Waals surface area contributed by atoms with Gasteiger partial charge in [-0.25, -0.2) is 4.98 Å². The molecule has 132 valence electrons. The molecule has 0 aliphatic carbocycles. The molecule has 0 unspecified atom stereocenters. The van der Waals surface area contributed by atoms with E-state index in [4.69, 9.17) is 4.98 Å². The Kier molecular flexibility index (Phi) is 4.67. The van der Waals surface area contributed by atoms with E-state index in [0.29, 0.717) is 12.1 Å². The normalized spacial score (nSPS) is 10.7. The van der Waals surface area contributed by atoms with Crippen LogP contribution in [-0.2, 0) is 6.54 Å². The smallest absolute Gasteiger partial charge is 0.252 e. The molecule has 3 nitrogen and oxygen atoms in total. The minimum Gasteiger partial charge on any atom is -0.348 e. The fourth-order valence-corrected chi connectivity index (χ4v) is 3.21. The van der Waals surface area contributed by atoms with Crippen molar-refractivity contribution >= 4 is 16.8 Å². The summed E-state index contributed by atoms with van der Waals surface area (Å²) in [4.78, 5) is 17.8. The van der Waals surface area contributed by atoms with Gasteiger partial charge in [-0.2, -0.15) is 0 Å². The lowest BCUT2D eigenvalue weighted by Crippen LogP contribution is -2.23. The molecule has 1 N–H and O–H groups in total. The van der Waals surface area contributed by atoms with Crippen LogP contribution in [-0.4, -0.2) is 10.9 Å². The maximum Gasteiger partial charge on any atom is 0.252 e. The third-order valence-corrected chi connectivity index (χ3v) is 4.65. The predicted octanol–water partition coefficient (Wildman–Crippen LogP) is 5.14. The van der Waals surface area contributed by atoms with Crippen molar-refractivity contribution in [2.75, 3.05) is 0 Å². The average Bonchev–Trinajstić information content (AvgIpc) is 2.73. The SMILES string of the molecule is Cc1cccc2c(C(=O)NCc3ccccc3)cc(-c3ccccc3)nc12. The third-order valence-electron chi connectivity index (χ3n) is 4.65. The highest BCUT2D eigenvalue weighted by Gasteiger charge is 2.15. The number of hydrogen-bond acceptors (Lipinski definition) is 2. The Hall–Kier alpha value is -3.46. The first-order valence-corrected chi connectivity index (χ1v) is 9.00. The molecule has 0 radical (unpaired) electrons. The summed E-state index contributed by atoms with van der Waals surface area (Å²) >= 11 is 0. The second kappa shape index (κ2) is 7.42. The van der Waals surface area contributed by atoms with Gasteiger partial charge < -0.3 is 5.32 Å². The number of para-hydroxylation sites is 1. The highest BCUT2D eigenvalue weighted by Crippen LogP contribution is 2.26. The summed E-state index contributed by atoms with van der Waals surface area (Å²) in [5.41, 5.74) is 5.45. The molecule has 3 aromatic carbocycles. The van der Waals surface area contributed by atoms with E-state index in [9.17, 15) is 4.79 Å². The third kappa shape index (κ3) is 3.58. The lowest BCUT2D eigenvalue weighted by molar-refractivity contribution is 0.0952. The van der Waals surface area contributed by atoms with Crippen molar-refractivity contribution in [1.29, 1.82) is 0 Å². The molecule has 1 amide bonds. The summed E-state index contributed by atoms with van der Waals surface area (Å²) in [6.07, 6.45) is 0. The zero-order valence-electron chi connectivity index (χ0n) is 15.1. The number of aryl methyl sites for hydroxylation is 1. The number of benzene rings is 3. The molecule has 3 heteroatoms. The van der Waals surface area contributed by atoms with Gasteiger partial charge in [-0.3, -0.25) is 4.79 Å². The van der Waals surface area contributed by atoms with Gasteiger partial charge in [0, 0.05) is 17.5 Å². The number of carbonyl (C=O) groups excluding carboxylic acids is 1. The van der Waals surface area contributed by atoms with Gasteiger partial charge in [0.15, 0.2) is 0 Å². The van der Waals surface area contributed by atoms with Gasteiger partial charge in [-0.1, -0.05) is 78.9 Å². The summed E-state index contributed by atoms with van der Waals surface area (Å²) in [6, 6.07) is 27.7. The van der Waals surface area contributed by atoms with E-state index in [1.165, 1.54) is 0 Å². The highest BCUT2D eigenvalue weighted by atomic mass is 16.1. The second-order valence-corrected chi connectivity index (χ2v) is 6.56. The molecule has 0 atom stereocenters. The summed E-state index contributed by atoms with van der Waals surface area (Å²) in [7, 11) is 0. The van der Waals surface area contributed by atoms with Crippen LogP contribution in [0, 0.1) is 6.92 Å². The van der Waals surface area contributed by atoms with Gasteiger partial charge in [0.2, 0.25) is 0 Å². The van der Waals surface area contributed by atoms with Gasteiger partial charge >= 0.3 is 0 Å². The molecule has 0 aliphatic rings. The highest BCUT2D eigenvalue weighted by molar-refractivity contribution is 6.07. The van der Waals surface area contributed by atoms with Crippen molar-refractivity contribution in [2.45, 2.75) is 13.5 Å². The van der Waals surface area contributed by atoms with Gasteiger partial charge in [0.05, 0.1) is 16.8 Å². The predicted molar refractivity (Wildman–Crippen MR) is 110 cm³/mol. The van der Waals surface area contributed by atoms with E-state index in [0.717, 1.165) is 33.3 Å². The quantitative estimate of drug-likeness (QED) is 0.552. The molecular formula is C24H20N2O. The van der Waals surface area contributed by atoms with Crippen molar-refractivity contribution in [2.24, 2.45) is 0 Å². The molecule has 1 aromatic heterocycles. The van der Waals surface area contributed by atoms with Gasteiger partial charge in [0.1, 0.15) is 0 Å². The van der Waals surface area contributed by atoms with E-state index in [1.54, 1.807) is 0 Å². The Morgan fingerprint density at radius 3 is 2.33 bits per heavy atom. The first kappa shape index (κ1) is 17.0. The van der Waals surface area contributed by atoms with E-state index in [-0.39, 0.29) is 5.91 Å². The first-order chi connectivity index (χ1) is 13.2. The Morgan fingerprint density at radius 2 is 1.59 bits per heavy atom. The van der Waals surface area contributed by atoms with Crippen LogP contribution in [0.25, 0.3) is 22.2 Å². The van der Waals surface area contributed by atoms with Crippen molar-refractivity contribution in [3.63, 3.8) is 0 Å². The Bertz CT molecular complexity index is 1090. The van der Waals surface area contributed by atoms with Crippen molar-refractivity contribution in [3.8, 4) is 11.3 Å². The fraction of sp³-hybridized carbons (Fsp3) is 0.0833. The number of rotatable bonds is 4. The molecular weight excluding hydrogens is 332 g/mol. The Balaban J connectivity index is 1.76. The zero-order valence-corrected chi connectivity index (χ0v) is 15.1. The summed E-state index contributed by atoms with van der Waals surface area (Å²) < 4.78 is 0. The van der Waals surface area contributed by atoms with Crippen molar-refractivity contribution in [3.05, 3.63) is 102 Å². The minimum atomic E-state index is -0.0889. The molecule has 4 aromatic rings. The number of fused-ring (bicyclic) bond motifs is 1. The molecule has 0 bridgehead atoms. The number of nitrogens with one attached hydrogen (secondary N) is 1. The monoisotopic (exact) mass is 352 g/mol. The van der Waals surface area contributed by atoms with Crippen LogP contribution < -0.4 is 5.32 Å². The number of carbonyl (C=O) groups is 1. The minimum absolute atomic E-state index is 0.0889. The summed E-state index contributed by atoms with van der Waals surface area (Å²) in [5, 5.41) is 3.91. The van der Waals surface area contributed by atoms with Crippen LogP contribution in [0.15, 0.2) is 84.9 Å². The van der Waals surface area contributed by atoms with E-state index in [2.05, 4.69) is 5.32 Å². The zero-order chi connectivity index (χ0) is 18.6. The maximum absolute atomic E-state index is 13.0. The van der Waals surface area contributed by atoms with Crippen LogP contribution in [0.4, 0.5) is 0 Å². The number of aromatic nitrogens is 1. The number of hydrogen-bond donors (Lipinski definition) is 1. The summed E-state index contributed by atoms with van der Waals surface area (Å²) in [5.74, 6) is -0.0889. The Labute approximate surface area is 158 Å². The van der Waals surface area contributed by atoms with Crippen LogP contribution in [0.2, 0.25) is 0 Å². The molecule has 4 rings (SSSR count). The topological polar surface area (TPSA) is 42.0 Å². The van der Waals surface area contributed by atoms with E-state index >= 15 is 0 Å². The van der Waals surface area contributed by atoms with Gasteiger partial charge in [-0.05, 0) is 24.1 Å². The van der Waals surface area contributed by atoms with E-state index in [1.807, 2.05) is 91.9 Å². The molecule has 0 saturated heterocycles. The van der Waals surface area contributed by atoms with Crippen LogP contribution in [0.3, 0.4) is 0 Å².